The minimum Gasteiger partial charge on any atom is -0.166 e. The summed E-state index contributed by atoms with van der Waals surface area (Å²) in [6.07, 6.45) is 0.802. The molecule has 3 aromatic carbocycles. The zero-order valence-electron chi connectivity index (χ0n) is 16.1. The zero-order valence-corrected chi connectivity index (χ0v) is 16.1. The second-order valence-electron chi connectivity index (χ2n) is 7.19. The molecule has 3 aromatic rings. The summed E-state index contributed by atoms with van der Waals surface area (Å²) in [4.78, 5) is 0. The van der Waals surface area contributed by atoms with Gasteiger partial charge in [0.05, 0.1) is 5.56 Å². The molecule has 146 valence electrons. The van der Waals surface area contributed by atoms with Crippen LogP contribution in [0.2, 0.25) is 0 Å². The lowest BCUT2D eigenvalue weighted by Gasteiger charge is -2.08. The van der Waals surface area contributed by atoms with E-state index in [4.69, 9.17) is 0 Å². The smallest absolute Gasteiger partial charge is 0.166 e. The number of hydrogen-bond donors (Lipinski definition) is 0. The Morgan fingerprint density at radius 1 is 0.571 bits per heavy atom. The predicted molar refractivity (Wildman–Crippen MR) is 109 cm³/mol. The van der Waals surface area contributed by atoms with Crippen molar-refractivity contribution in [2.24, 2.45) is 0 Å². The van der Waals surface area contributed by atoms with E-state index >= 15 is 0 Å². The maximum atomic E-state index is 12.6. The van der Waals surface area contributed by atoms with Crippen LogP contribution in [0.3, 0.4) is 0 Å². The van der Waals surface area contributed by atoms with Gasteiger partial charge in [-0.25, -0.2) is 0 Å². The number of unbranched alkanes of at least 4 members (excludes halogenated alkanes) is 1. The van der Waals surface area contributed by atoms with Gasteiger partial charge in [0.2, 0.25) is 0 Å². The number of benzene rings is 3. The molecule has 0 aliphatic rings. The van der Waals surface area contributed by atoms with Gasteiger partial charge in [0.15, 0.2) is 0 Å². The highest BCUT2D eigenvalue weighted by Crippen LogP contribution is 2.29. The summed E-state index contributed by atoms with van der Waals surface area (Å²) in [6, 6.07) is 22.6. The first kappa shape index (κ1) is 20.2. The van der Waals surface area contributed by atoms with E-state index in [-0.39, 0.29) is 0 Å². The van der Waals surface area contributed by atoms with Gasteiger partial charge < -0.3 is 0 Å². The molecule has 0 saturated carbocycles. The van der Waals surface area contributed by atoms with E-state index in [2.05, 4.69) is 55.5 Å². The maximum Gasteiger partial charge on any atom is 0.416 e. The first-order valence-electron chi connectivity index (χ1n) is 9.80. The molecule has 3 rings (SSSR count). The molecule has 0 aromatic heterocycles. The Kier molecular flexibility index (Phi) is 6.56. The van der Waals surface area contributed by atoms with E-state index in [9.17, 15) is 13.2 Å². The average molecular weight is 382 g/mol. The highest BCUT2D eigenvalue weighted by Gasteiger charge is 2.29. The van der Waals surface area contributed by atoms with Crippen molar-refractivity contribution in [1.82, 2.24) is 0 Å². The number of hydrogen-bond acceptors (Lipinski definition) is 0. The molecule has 0 saturated heterocycles. The summed E-state index contributed by atoms with van der Waals surface area (Å²) in [5.41, 5.74) is 5.26. The van der Waals surface area contributed by atoms with Gasteiger partial charge in [-0.3, -0.25) is 0 Å². The number of alkyl halides is 3. The summed E-state index contributed by atoms with van der Waals surface area (Å²) >= 11 is 0. The topological polar surface area (TPSA) is 0 Å². The fourth-order valence-electron chi connectivity index (χ4n) is 3.26. The maximum absolute atomic E-state index is 12.6. The highest BCUT2D eigenvalue weighted by molar-refractivity contribution is 5.64. The zero-order chi connectivity index (χ0) is 20.0. The molecule has 0 spiro atoms. The standard InChI is InChI=1S/C25H25F3/c1-2-3-4-19-7-13-22(14-8-19)23-15-9-20(10-16-23)5-6-21-11-17-24(18-12-21)25(26,27)28/h7-18H,2-6H2,1H3. The molecule has 0 bridgehead atoms. The Bertz CT molecular complexity index is 858. The van der Waals surface area contributed by atoms with Crippen molar-refractivity contribution in [3.8, 4) is 11.1 Å². The first-order valence-corrected chi connectivity index (χ1v) is 9.80. The van der Waals surface area contributed by atoms with Gasteiger partial charge in [0.1, 0.15) is 0 Å². The summed E-state index contributed by atoms with van der Waals surface area (Å²) in [7, 11) is 0. The van der Waals surface area contributed by atoms with E-state index in [1.165, 1.54) is 35.1 Å². The minimum absolute atomic E-state index is 0.596. The van der Waals surface area contributed by atoms with E-state index in [1.54, 1.807) is 12.1 Å². The monoisotopic (exact) mass is 382 g/mol. The SMILES string of the molecule is CCCCc1ccc(-c2ccc(CCc3ccc(C(F)(F)F)cc3)cc2)cc1. The van der Waals surface area contributed by atoms with Gasteiger partial charge in [0.25, 0.3) is 0 Å². The molecule has 0 N–H and O–H groups in total. The number of aryl methyl sites for hydroxylation is 3. The third-order valence-corrected chi connectivity index (χ3v) is 5.04. The van der Waals surface area contributed by atoms with Crippen molar-refractivity contribution in [1.29, 1.82) is 0 Å². The van der Waals surface area contributed by atoms with Crippen molar-refractivity contribution in [3.05, 3.63) is 95.1 Å². The van der Waals surface area contributed by atoms with Crippen LogP contribution in [-0.4, -0.2) is 0 Å². The van der Waals surface area contributed by atoms with E-state index in [0.29, 0.717) is 0 Å². The van der Waals surface area contributed by atoms with Crippen LogP contribution >= 0.6 is 0 Å². The molecule has 0 radical (unpaired) electrons. The van der Waals surface area contributed by atoms with Gasteiger partial charge >= 0.3 is 6.18 Å². The van der Waals surface area contributed by atoms with Gasteiger partial charge in [0, 0.05) is 0 Å². The van der Waals surface area contributed by atoms with Gasteiger partial charge in [-0.15, -0.1) is 0 Å². The van der Waals surface area contributed by atoms with E-state index in [0.717, 1.165) is 37.0 Å². The molecule has 0 heterocycles. The third kappa shape index (κ3) is 5.48. The molecule has 0 nitrogen and oxygen atoms in total. The lowest BCUT2D eigenvalue weighted by molar-refractivity contribution is -0.137. The van der Waals surface area contributed by atoms with Gasteiger partial charge in [-0.05, 0) is 65.6 Å². The van der Waals surface area contributed by atoms with Crippen molar-refractivity contribution < 1.29 is 13.2 Å². The first-order chi connectivity index (χ1) is 13.5. The van der Waals surface area contributed by atoms with Crippen LogP contribution in [0.1, 0.15) is 42.0 Å². The molecule has 0 aliphatic heterocycles. The fourth-order valence-corrected chi connectivity index (χ4v) is 3.26. The Hall–Kier alpha value is -2.55. The Morgan fingerprint density at radius 3 is 1.36 bits per heavy atom. The lowest BCUT2D eigenvalue weighted by Crippen LogP contribution is -2.04. The summed E-state index contributed by atoms with van der Waals surface area (Å²) in [5.74, 6) is 0. The Morgan fingerprint density at radius 2 is 0.964 bits per heavy atom. The molecule has 3 heteroatoms. The van der Waals surface area contributed by atoms with Crippen LogP contribution in [0.5, 0.6) is 0 Å². The summed E-state index contributed by atoms with van der Waals surface area (Å²) in [5, 5.41) is 0. The van der Waals surface area contributed by atoms with E-state index < -0.39 is 11.7 Å². The van der Waals surface area contributed by atoms with Crippen molar-refractivity contribution in [3.63, 3.8) is 0 Å². The Labute approximate surface area is 165 Å². The normalized spacial score (nSPS) is 11.6. The lowest BCUT2D eigenvalue weighted by atomic mass is 9.98. The largest absolute Gasteiger partial charge is 0.416 e. The minimum atomic E-state index is -4.28. The number of halogens is 3. The molecular weight excluding hydrogens is 357 g/mol. The molecular formula is C25H25F3. The van der Waals surface area contributed by atoms with Crippen LogP contribution < -0.4 is 0 Å². The molecule has 0 atom stereocenters. The Balaban J connectivity index is 1.58. The van der Waals surface area contributed by atoms with Crippen molar-refractivity contribution in [2.45, 2.75) is 45.2 Å². The van der Waals surface area contributed by atoms with Crippen LogP contribution in [0.25, 0.3) is 11.1 Å². The van der Waals surface area contributed by atoms with E-state index in [1.807, 2.05) is 0 Å². The van der Waals surface area contributed by atoms with Crippen molar-refractivity contribution >= 4 is 0 Å². The average Bonchev–Trinajstić information content (AvgIpc) is 2.71. The van der Waals surface area contributed by atoms with Crippen LogP contribution in [0.15, 0.2) is 72.8 Å². The molecule has 0 fully saturated rings. The second kappa shape index (κ2) is 9.09. The molecule has 0 aliphatic carbocycles. The molecule has 0 amide bonds. The van der Waals surface area contributed by atoms with Gasteiger partial charge in [-0.2, -0.15) is 13.2 Å². The number of rotatable bonds is 7. The fraction of sp³-hybridized carbons (Fsp3) is 0.280. The van der Waals surface area contributed by atoms with Crippen molar-refractivity contribution in [2.75, 3.05) is 0 Å². The highest BCUT2D eigenvalue weighted by atomic mass is 19.4. The molecule has 0 unspecified atom stereocenters. The molecule has 28 heavy (non-hydrogen) atoms. The third-order valence-electron chi connectivity index (χ3n) is 5.04. The quantitative estimate of drug-likeness (QED) is 0.397. The van der Waals surface area contributed by atoms with Crippen LogP contribution in [0, 0.1) is 0 Å². The van der Waals surface area contributed by atoms with Gasteiger partial charge in [-0.1, -0.05) is 74.0 Å². The predicted octanol–water partition coefficient (Wildman–Crippen LogP) is 7.50. The van der Waals surface area contributed by atoms with Crippen LogP contribution in [0.4, 0.5) is 13.2 Å². The summed E-state index contributed by atoms with van der Waals surface area (Å²) in [6.45, 7) is 2.20. The van der Waals surface area contributed by atoms with Crippen LogP contribution in [-0.2, 0) is 25.4 Å². The second-order valence-corrected chi connectivity index (χ2v) is 7.19. The summed E-state index contributed by atoms with van der Waals surface area (Å²) < 4.78 is 37.9.